The third-order valence-electron chi connectivity index (χ3n) is 14.2. The summed E-state index contributed by atoms with van der Waals surface area (Å²) in [6.07, 6.45) is -0.547. The summed E-state index contributed by atoms with van der Waals surface area (Å²) in [5, 5.41) is 8.58. The summed E-state index contributed by atoms with van der Waals surface area (Å²) < 4.78 is 138. The van der Waals surface area contributed by atoms with Crippen LogP contribution in [-0.4, -0.2) is 117 Å². The average molecular weight is 1330 g/mol. The Balaban J connectivity index is 0.000000145. The van der Waals surface area contributed by atoms with Crippen LogP contribution < -0.4 is 16.0 Å². The number of thiazole rings is 3. The van der Waals surface area contributed by atoms with Crippen molar-refractivity contribution in [2.45, 2.75) is 67.9 Å². The summed E-state index contributed by atoms with van der Waals surface area (Å²) in [4.78, 5) is 77.8. The van der Waals surface area contributed by atoms with E-state index in [1.54, 1.807) is 6.07 Å². The van der Waals surface area contributed by atoms with Gasteiger partial charge in [-0.25, -0.2) is 61.8 Å². The van der Waals surface area contributed by atoms with E-state index in [0.717, 1.165) is 51.6 Å². The Morgan fingerprint density at radius 1 is 0.437 bits per heavy atom. The summed E-state index contributed by atoms with van der Waals surface area (Å²) in [5.41, 5.74) is -5.68. The van der Waals surface area contributed by atoms with Gasteiger partial charge in [0.25, 0.3) is 0 Å². The van der Waals surface area contributed by atoms with Crippen molar-refractivity contribution in [3.05, 3.63) is 141 Å². The first-order valence-corrected chi connectivity index (χ1v) is 29.5. The van der Waals surface area contributed by atoms with E-state index in [9.17, 15) is 45.1 Å². The fourth-order valence-electron chi connectivity index (χ4n) is 9.55. The number of hydrogen-bond donors (Lipinski definition) is 3. The normalized spacial score (nSPS) is 16.6. The van der Waals surface area contributed by atoms with E-state index in [2.05, 4.69) is 60.8 Å². The van der Waals surface area contributed by atoms with Gasteiger partial charge in [0.15, 0.2) is 47.9 Å². The molecule has 456 valence electrons. The quantitative estimate of drug-likeness (QED) is 0.133. The molecule has 3 saturated heterocycles. The fraction of sp³-hybridized carbons (Fsp3) is 0.321. The maximum atomic E-state index is 15.3. The van der Waals surface area contributed by atoms with E-state index < -0.39 is 52.5 Å². The smallest absolute Gasteiger partial charge is 0.324 e. The van der Waals surface area contributed by atoms with Gasteiger partial charge in [-0.1, -0.05) is 68.8 Å². The molecule has 0 bridgehead atoms. The van der Waals surface area contributed by atoms with Gasteiger partial charge in [0.2, 0.25) is 0 Å². The largest absolute Gasteiger partial charge is 0.416 e. The number of nitrogens with one attached hydrogen (secondary N) is 3. The second-order valence-corrected chi connectivity index (χ2v) is 23.9. The number of halogens is 13. The number of carbonyl (C=O) groups excluding carboxylic acids is 3. The standard InChI is InChI=1S/2C18H14ClF4N5OS.C17H14ClF2N5OS/c19-14-13(24-5-6-25-14)17(20)3-7-28(8-4-17)16(29)27-15-26-11-9-10(18(21,22)23)1-2-12(11)30-15;19-14-13(24-5-6-25-14)17(20)3-7-28(8-4-17)16(29)27-15-26-11-2-1-10(18(21,22)23)9-12(11)30-15;18-14-13(21-5-6-22-14)17(20)3-7-25(8-4-17)16(26)24-15-23-11-9-10(19)1-2-12(11)27-15/h2*1-2,5-6,9H,3-4,7-8H2,(H,26,27,29);1-2,5-6,9H,3-4,7-8H2,(H,23,24,26). The van der Waals surface area contributed by atoms with Crippen molar-refractivity contribution in [1.82, 2.24) is 59.6 Å². The maximum absolute atomic E-state index is 15.3. The summed E-state index contributed by atoms with van der Waals surface area (Å²) >= 11 is 21.1. The van der Waals surface area contributed by atoms with Gasteiger partial charge < -0.3 is 14.7 Å². The van der Waals surface area contributed by atoms with Gasteiger partial charge in [0.05, 0.1) is 41.8 Å². The summed E-state index contributed by atoms with van der Waals surface area (Å²) in [6, 6.07) is 9.29. The van der Waals surface area contributed by atoms with Gasteiger partial charge in [-0.05, 0) is 48.5 Å². The van der Waals surface area contributed by atoms with Crippen LogP contribution in [0.4, 0.5) is 73.7 Å². The molecule has 0 unspecified atom stereocenters. The van der Waals surface area contributed by atoms with Crippen molar-refractivity contribution in [2.24, 2.45) is 0 Å². The minimum Gasteiger partial charge on any atom is -0.324 e. The Labute approximate surface area is 512 Å². The molecular weight excluding hydrogens is 1290 g/mol. The monoisotopic (exact) mass is 1330 g/mol. The lowest BCUT2D eigenvalue weighted by Crippen LogP contribution is -2.45. The van der Waals surface area contributed by atoms with E-state index in [4.69, 9.17) is 34.8 Å². The van der Waals surface area contributed by atoms with Crippen molar-refractivity contribution < 1.29 is 58.3 Å². The number of fused-ring (bicyclic) bond motifs is 3. The van der Waals surface area contributed by atoms with Gasteiger partial charge in [0, 0.05) is 121 Å². The molecule has 34 heteroatoms. The van der Waals surface area contributed by atoms with Crippen LogP contribution in [0.3, 0.4) is 0 Å². The van der Waals surface area contributed by atoms with Crippen LogP contribution in [0.1, 0.15) is 66.7 Å². The molecular formula is C53H42Cl3F10N15O3S3. The Bertz CT molecular complexity index is 3830. The maximum Gasteiger partial charge on any atom is 0.416 e. The average Bonchev–Trinajstić information content (AvgIpc) is 2.69. The van der Waals surface area contributed by atoms with Crippen molar-refractivity contribution in [1.29, 1.82) is 0 Å². The van der Waals surface area contributed by atoms with Crippen LogP contribution in [0, 0.1) is 5.82 Å². The fourth-order valence-corrected chi connectivity index (χ4v) is 12.9. The van der Waals surface area contributed by atoms with Crippen LogP contribution in [0.25, 0.3) is 30.6 Å². The number of carbonyl (C=O) groups is 3. The predicted octanol–water partition coefficient (Wildman–Crippen LogP) is 14.9. The SMILES string of the molecule is O=C(Nc1nc2cc(C(F)(F)F)ccc2s1)N1CCC(F)(c2nccnc2Cl)CC1.O=C(Nc1nc2cc(F)ccc2s1)N1CCC(F)(c2nccnc2Cl)CC1.O=C(Nc1nc2ccc(C(F)(F)F)cc2s1)N1CCC(F)(c2nccnc2Cl)CC1. The molecule has 3 fully saturated rings. The van der Waals surface area contributed by atoms with Gasteiger partial charge in [-0.2, -0.15) is 26.3 Å². The lowest BCUT2D eigenvalue weighted by atomic mass is 9.90. The molecule has 0 aliphatic carbocycles. The highest BCUT2D eigenvalue weighted by Gasteiger charge is 2.44. The van der Waals surface area contributed by atoms with Gasteiger partial charge in [-0.3, -0.25) is 30.9 Å². The molecule has 3 aromatic carbocycles. The molecule has 12 rings (SSSR count). The van der Waals surface area contributed by atoms with E-state index in [-0.39, 0.29) is 138 Å². The highest BCUT2D eigenvalue weighted by molar-refractivity contribution is 7.23. The third-order valence-corrected chi connectivity index (χ3v) is 17.9. The molecule has 3 aliphatic heterocycles. The number of urea groups is 3. The van der Waals surface area contributed by atoms with Gasteiger partial charge in [-0.15, -0.1) is 0 Å². The lowest BCUT2D eigenvalue weighted by molar-refractivity contribution is -0.138. The Kier molecular flexibility index (Phi) is 18.2. The predicted molar refractivity (Wildman–Crippen MR) is 308 cm³/mol. The van der Waals surface area contributed by atoms with Crippen LogP contribution in [0.2, 0.25) is 15.5 Å². The second-order valence-electron chi connectivity index (χ2n) is 19.8. The minimum absolute atomic E-state index is 0.00633. The molecule has 9 heterocycles. The minimum atomic E-state index is -4.47. The van der Waals surface area contributed by atoms with Crippen molar-refractivity contribution in [3.63, 3.8) is 0 Å². The zero-order valence-electron chi connectivity index (χ0n) is 44.4. The van der Waals surface area contributed by atoms with Crippen LogP contribution >= 0.6 is 68.8 Å². The van der Waals surface area contributed by atoms with Gasteiger partial charge in [0.1, 0.15) is 22.9 Å². The van der Waals surface area contributed by atoms with Crippen LogP contribution in [0.5, 0.6) is 0 Å². The molecule has 6 amide bonds. The zero-order valence-corrected chi connectivity index (χ0v) is 49.1. The number of hydrogen-bond acceptors (Lipinski definition) is 15. The number of benzene rings is 3. The molecule has 0 spiro atoms. The number of nitrogens with zero attached hydrogens (tertiary/aromatic N) is 12. The molecule has 9 aromatic rings. The zero-order chi connectivity index (χ0) is 62.1. The molecule has 6 aromatic heterocycles. The van der Waals surface area contributed by atoms with E-state index in [1.807, 2.05) is 0 Å². The number of amides is 6. The third kappa shape index (κ3) is 14.4. The number of aromatic nitrogens is 9. The lowest BCUT2D eigenvalue weighted by Gasteiger charge is -2.35. The molecule has 87 heavy (non-hydrogen) atoms. The number of rotatable bonds is 6. The van der Waals surface area contributed by atoms with Crippen molar-refractivity contribution in [3.8, 4) is 0 Å². The molecule has 3 N–H and O–H groups in total. The number of anilines is 3. The summed E-state index contributed by atoms with van der Waals surface area (Å²) in [7, 11) is 0. The van der Waals surface area contributed by atoms with E-state index in [0.29, 0.717) is 25.6 Å². The first-order valence-electron chi connectivity index (χ1n) is 25.9. The van der Waals surface area contributed by atoms with Crippen LogP contribution in [0.15, 0.2) is 91.8 Å². The first-order chi connectivity index (χ1) is 41.3. The van der Waals surface area contributed by atoms with Crippen molar-refractivity contribution in [2.75, 3.05) is 55.2 Å². The Morgan fingerprint density at radius 2 is 0.759 bits per heavy atom. The Hall–Kier alpha value is -7.45. The molecule has 3 aliphatic rings. The molecule has 0 atom stereocenters. The number of piperidine rings is 3. The summed E-state index contributed by atoms with van der Waals surface area (Å²) in [5.74, 6) is -0.385. The second kappa shape index (κ2) is 25.3. The number of likely N-dealkylation sites (tertiary alicyclic amines) is 3. The highest BCUT2D eigenvalue weighted by Crippen LogP contribution is 2.43. The van der Waals surface area contributed by atoms with E-state index >= 15 is 13.2 Å². The first kappa shape index (κ1) is 62.6. The van der Waals surface area contributed by atoms with E-state index in [1.165, 1.54) is 87.5 Å². The Morgan fingerprint density at radius 3 is 1.14 bits per heavy atom. The molecule has 0 radical (unpaired) electrons. The van der Waals surface area contributed by atoms with Gasteiger partial charge >= 0.3 is 30.4 Å². The van der Waals surface area contributed by atoms with Crippen LogP contribution in [-0.2, 0) is 29.4 Å². The summed E-state index contributed by atoms with van der Waals surface area (Å²) in [6.45, 7) is 0.844. The topological polar surface area (TPSA) is 213 Å². The number of alkyl halides is 9. The molecule has 0 saturated carbocycles. The molecule has 18 nitrogen and oxygen atoms in total. The highest BCUT2D eigenvalue weighted by atomic mass is 35.5. The van der Waals surface area contributed by atoms with Crippen molar-refractivity contribution >= 4 is 133 Å².